The fourth-order valence-electron chi connectivity index (χ4n) is 4.16. The molecular weight excluding hydrogens is 369 g/mol. The Kier molecular flexibility index (Phi) is 4.43. The van der Waals surface area contributed by atoms with Gasteiger partial charge in [-0.1, -0.05) is 0 Å². The molecule has 2 fully saturated rings. The molecule has 3 N–H and O–H groups in total. The predicted octanol–water partition coefficient (Wildman–Crippen LogP) is 1.92. The second-order valence-electron chi connectivity index (χ2n) is 7.29. The number of carbonyl (C=O) groups excluding carboxylic acids is 1. The summed E-state index contributed by atoms with van der Waals surface area (Å²) in [7, 11) is 1.28. The van der Waals surface area contributed by atoms with Crippen LogP contribution >= 0.6 is 0 Å². The molecule has 1 saturated heterocycles. The molecule has 0 radical (unpaired) electrons. The Labute approximate surface area is 159 Å². The average molecular weight is 390 g/mol. The lowest BCUT2D eigenvalue weighted by Gasteiger charge is -2.38. The van der Waals surface area contributed by atoms with Gasteiger partial charge in [-0.25, -0.2) is 9.18 Å². The van der Waals surface area contributed by atoms with Gasteiger partial charge in [0.25, 0.3) is 0 Å². The Bertz CT molecular complexity index is 1040. The van der Waals surface area contributed by atoms with Gasteiger partial charge >= 0.3 is 12.1 Å². The van der Waals surface area contributed by atoms with Gasteiger partial charge in [0.05, 0.1) is 18.0 Å². The number of hydrogen-bond acceptors (Lipinski definition) is 5. The lowest BCUT2D eigenvalue weighted by molar-refractivity contribution is 0.0695. The number of amides is 1. The summed E-state index contributed by atoms with van der Waals surface area (Å²) in [6.45, 7) is 1.69. The smallest absolute Gasteiger partial charge is 0.477 e. The zero-order valence-electron chi connectivity index (χ0n) is 15.4. The molecule has 28 heavy (non-hydrogen) atoms. The van der Waals surface area contributed by atoms with E-state index in [1.54, 1.807) is 0 Å². The molecule has 1 amide bonds. The molecule has 2 heterocycles. The van der Waals surface area contributed by atoms with Gasteiger partial charge in [0.15, 0.2) is 11.5 Å². The minimum absolute atomic E-state index is 0.00840. The molecule has 1 aliphatic heterocycles. The van der Waals surface area contributed by atoms with Crippen molar-refractivity contribution in [2.75, 3.05) is 33.3 Å². The summed E-state index contributed by atoms with van der Waals surface area (Å²) in [6.07, 6.45) is 2.22. The summed E-state index contributed by atoms with van der Waals surface area (Å²) in [4.78, 5) is 39.6. The highest BCUT2D eigenvalue weighted by Gasteiger charge is 2.48. The molecule has 2 aromatic rings. The van der Waals surface area contributed by atoms with E-state index >= 15 is 4.39 Å². The third kappa shape index (κ3) is 2.70. The largest absolute Gasteiger partial charge is 0.521 e. The summed E-state index contributed by atoms with van der Waals surface area (Å²) in [5.41, 5.74) is 0.0196. The molecule has 1 aromatic carbocycles. The van der Waals surface area contributed by atoms with Gasteiger partial charge in [-0.05, 0) is 24.8 Å². The zero-order valence-corrected chi connectivity index (χ0v) is 15.4. The Morgan fingerprint density at radius 3 is 2.54 bits per heavy atom. The number of ether oxygens (including phenoxy) is 1. The molecule has 0 bridgehead atoms. The maximum absolute atomic E-state index is 15.5. The van der Waals surface area contributed by atoms with Gasteiger partial charge < -0.3 is 20.1 Å². The van der Waals surface area contributed by atoms with Crippen LogP contribution in [-0.4, -0.2) is 55.4 Å². The van der Waals surface area contributed by atoms with E-state index in [1.807, 2.05) is 0 Å². The van der Waals surface area contributed by atoms with Crippen LogP contribution in [0.15, 0.2) is 17.1 Å². The van der Waals surface area contributed by atoms with Gasteiger partial charge in [0.2, 0.25) is 5.43 Å². The number of H-pyrrole nitrogens is 1. The number of carboxylic acids is 1. The van der Waals surface area contributed by atoms with Crippen LogP contribution in [0.1, 0.15) is 34.7 Å². The third-order valence-electron chi connectivity index (χ3n) is 5.65. The highest BCUT2D eigenvalue weighted by molar-refractivity contribution is 5.97. The highest BCUT2D eigenvalue weighted by Crippen LogP contribution is 2.49. The lowest BCUT2D eigenvalue weighted by atomic mass is 9.98. The summed E-state index contributed by atoms with van der Waals surface area (Å²) in [5.74, 6) is -2.05. The van der Waals surface area contributed by atoms with Crippen molar-refractivity contribution in [2.45, 2.75) is 18.8 Å². The van der Waals surface area contributed by atoms with Gasteiger partial charge in [-0.2, -0.15) is 9.28 Å². The Balaban J connectivity index is 2.06. The predicted molar refractivity (Wildman–Crippen MR) is 100 cm³/mol. The number of nitrogens with one attached hydrogen (secondary N) is 2. The number of carboxylic acid groups (broad SMARTS) is 1. The number of aromatic carboxylic acids is 1. The molecule has 1 aliphatic carbocycles. The third-order valence-corrected chi connectivity index (χ3v) is 5.65. The Hall–Kier alpha value is -2.78. The Morgan fingerprint density at radius 1 is 1.29 bits per heavy atom. The van der Waals surface area contributed by atoms with Crippen molar-refractivity contribution in [1.82, 2.24) is 14.8 Å². The van der Waals surface area contributed by atoms with Crippen molar-refractivity contribution in [3.8, 4) is 0 Å². The van der Waals surface area contributed by atoms with Gasteiger partial charge in [-0.15, -0.1) is 0 Å². The standard InChI is InChI=1S/C19H20FN3O5/c1-28-19(27)23(6-4-21-5-7-23)16-13(20)8-11-15(14(16)10-2-3-10)22-9-12(17(11)24)18(25)26/h8-10,21H,2-7H2,1H3,(H-,22,24,25,26)/p+1. The fourth-order valence-corrected chi connectivity index (χ4v) is 4.16. The molecule has 4 rings (SSSR count). The molecule has 9 heteroatoms. The molecule has 2 aliphatic rings. The van der Waals surface area contributed by atoms with E-state index < -0.39 is 28.9 Å². The van der Waals surface area contributed by atoms with Crippen molar-refractivity contribution in [2.24, 2.45) is 0 Å². The van der Waals surface area contributed by atoms with E-state index in [1.165, 1.54) is 7.11 Å². The average Bonchev–Trinajstić information content (AvgIpc) is 3.52. The summed E-state index contributed by atoms with van der Waals surface area (Å²) in [5, 5.41) is 12.4. The van der Waals surface area contributed by atoms with E-state index in [0.717, 1.165) is 25.1 Å². The van der Waals surface area contributed by atoms with Gasteiger partial charge in [-0.3, -0.25) is 4.79 Å². The highest BCUT2D eigenvalue weighted by atomic mass is 19.1. The maximum Gasteiger partial charge on any atom is 0.521 e. The van der Waals surface area contributed by atoms with Crippen LogP contribution in [0.2, 0.25) is 0 Å². The quantitative estimate of drug-likeness (QED) is 0.691. The first kappa shape index (κ1) is 18.6. The Morgan fingerprint density at radius 2 is 1.96 bits per heavy atom. The zero-order chi connectivity index (χ0) is 20.1. The van der Waals surface area contributed by atoms with Gasteiger partial charge in [0, 0.05) is 24.8 Å². The second-order valence-corrected chi connectivity index (χ2v) is 7.29. The van der Waals surface area contributed by atoms with Crippen LogP contribution in [0.25, 0.3) is 10.9 Å². The normalized spacial score (nSPS) is 18.8. The van der Waals surface area contributed by atoms with Crippen LogP contribution in [0.4, 0.5) is 14.9 Å². The fraction of sp³-hybridized carbons (Fsp3) is 0.421. The molecule has 1 saturated carbocycles. The van der Waals surface area contributed by atoms with Crippen molar-refractivity contribution >= 4 is 28.7 Å². The SMILES string of the molecule is COC(=O)[N+]1(c2c(F)cc3c(=O)c(C(=O)O)c[nH]c3c2C2CC2)CCNCC1. The number of piperazine rings is 1. The number of aromatic amines is 1. The number of fused-ring (bicyclic) bond motifs is 1. The molecule has 148 valence electrons. The second kappa shape index (κ2) is 6.68. The maximum atomic E-state index is 15.5. The first-order valence-corrected chi connectivity index (χ1v) is 9.18. The number of carbonyl (C=O) groups is 2. The van der Waals surface area contributed by atoms with E-state index in [9.17, 15) is 19.5 Å². The summed E-state index contributed by atoms with van der Waals surface area (Å²) < 4.78 is 20.2. The van der Waals surface area contributed by atoms with Crippen molar-refractivity contribution < 1.29 is 23.8 Å². The first-order valence-electron chi connectivity index (χ1n) is 9.18. The number of methoxy groups -OCH3 is 1. The van der Waals surface area contributed by atoms with E-state index in [-0.39, 0.29) is 21.5 Å². The number of quaternary nitrogens is 1. The van der Waals surface area contributed by atoms with Crippen molar-refractivity contribution in [1.29, 1.82) is 0 Å². The summed E-state index contributed by atoms with van der Waals surface area (Å²) in [6, 6.07) is 1.05. The minimum Gasteiger partial charge on any atom is -0.477 e. The van der Waals surface area contributed by atoms with E-state index in [0.29, 0.717) is 37.3 Å². The van der Waals surface area contributed by atoms with Crippen LogP contribution in [0.5, 0.6) is 0 Å². The summed E-state index contributed by atoms with van der Waals surface area (Å²) >= 11 is 0. The van der Waals surface area contributed by atoms with Crippen LogP contribution < -0.4 is 15.2 Å². The number of halogens is 1. The monoisotopic (exact) mass is 390 g/mol. The number of hydrogen-bond donors (Lipinski definition) is 3. The van der Waals surface area contributed by atoms with Crippen molar-refractivity contribution in [3.05, 3.63) is 39.4 Å². The van der Waals surface area contributed by atoms with Crippen LogP contribution in [-0.2, 0) is 4.74 Å². The van der Waals surface area contributed by atoms with Crippen LogP contribution in [0, 0.1) is 5.82 Å². The van der Waals surface area contributed by atoms with Crippen molar-refractivity contribution in [3.63, 3.8) is 0 Å². The molecule has 0 atom stereocenters. The number of pyridine rings is 1. The number of rotatable bonds is 3. The van der Waals surface area contributed by atoms with E-state index in [4.69, 9.17) is 4.74 Å². The van der Waals surface area contributed by atoms with Gasteiger partial charge in [0.1, 0.15) is 18.7 Å². The molecule has 0 unspecified atom stereocenters. The molecular formula is C19H21FN3O5+. The first-order chi connectivity index (χ1) is 13.4. The molecule has 0 spiro atoms. The topological polar surface area (TPSA) is 108 Å². The van der Waals surface area contributed by atoms with E-state index in [2.05, 4.69) is 10.3 Å². The number of aromatic nitrogens is 1. The minimum atomic E-state index is -1.37. The number of benzene rings is 1. The molecule has 8 nitrogen and oxygen atoms in total. The lowest BCUT2D eigenvalue weighted by Crippen LogP contribution is -2.63. The molecule has 1 aromatic heterocycles. The van der Waals surface area contributed by atoms with Crippen LogP contribution in [0.3, 0.4) is 0 Å². The number of nitrogens with zero attached hydrogens (tertiary/aromatic N) is 1.